The van der Waals surface area contributed by atoms with E-state index in [9.17, 15) is 4.79 Å². The van der Waals surface area contributed by atoms with E-state index in [0.717, 1.165) is 30.8 Å². The zero-order valence-electron chi connectivity index (χ0n) is 13.2. The summed E-state index contributed by atoms with van der Waals surface area (Å²) in [5, 5.41) is 3.30. The number of hydrogen-bond donors (Lipinski definition) is 1. The third kappa shape index (κ3) is 2.39. The smallest absolute Gasteiger partial charge is 0.251 e. The zero-order chi connectivity index (χ0) is 15.1. The third-order valence-corrected chi connectivity index (χ3v) is 5.65. The number of hydrogen-bond acceptors (Lipinski definition) is 3. The van der Waals surface area contributed by atoms with Crippen LogP contribution in [0, 0.1) is 5.92 Å². The number of piperidine rings is 3. The number of nitrogens with one attached hydrogen (secondary N) is 1. The minimum absolute atomic E-state index is 0.0685. The molecule has 4 heteroatoms. The van der Waals surface area contributed by atoms with Crippen molar-refractivity contribution in [1.82, 2.24) is 10.2 Å². The lowest BCUT2D eigenvalue weighted by Crippen LogP contribution is -2.62. The molecule has 1 amide bonds. The molecule has 1 aromatic carbocycles. The number of carbonyl (C=O) groups is 1. The van der Waals surface area contributed by atoms with E-state index in [-0.39, 0.29) is 5.91 Å². The third-order valence-electron chi connectivity index (χ3n) is 5.65. The van der Waals surface area contributed by atoms with Crippen LogP contribution >= 0.6 is 0 Å². The van der Waals surface area contributed by atoms with Crippen LogP contribution < -0.4 is 10.1 Å². The van der Waals surface area contributed by atoms with E-state index in [1.54, 1.807) is 0 Å². The van der Waals surface area contributed by atoms with Crippen molar-refractivity contribution < 1.29 is 9.53 Å². The van der Waals surface area contributed by atoms with Crippen molar-refractivity contribution in [1.29, 1.82) is 0 Å². The van der Waals surface area contributed by atoms with Gasteiger partial charge < -0.3 is 10.1 Å². The van der Waals surface area contributed by atoms with Crippen molar-refractivity contribution in [2.75, 3.05) is 19.7 Å². The van der Waals surface area contributed by atoms with Gasteiger partial charge >= 0.3 is 0 Å². The molecule has 2 bridgehead atoms. The highest BCUT2D eigenvalue weighted by Gasteiger charge is 2.40. The molecular formula is C18H24N2O2. The summed E-state index contributed by atoms with van der Waals surface area (Å²) < 4.78 is 5.63. The maximum atomic E-state index is 12.7. The van der Waals surface area contributed by atoms with Gasteiger partial charge in [0.15, 0.2) is 0 Å². The van der Waals surface area contributed by atoms with Crippen LogP contribution in [-0.4, -0.2) is 42.6 Å². The predicted octanol–water partition coefficient (Wildman–Crippen LogP) is 2.22. The van der Waals surface area contributed by atoms with E-state index < -0.39 is 0 Å². The van der Waals surface area contributed by atoms with Gasteiger partial charge in [0.2, 0.25) is 0 Å². The Morgan fingerprint density at radius 3 is 2.91 bits per heavy atom. The molecule has 0 saturated carbocycles. The van der Waals surface area contributed by atoms with Crippen LogP contribution in [0.25, 0.3) is 0 Å². The number of benzene rings is 1. The first kappa shape index (κ1) is 14.1. The fourth-order valence-corrected chi connectivity index (χ4v) is 4.28. The first-order valence-corrected chi connectivity index (χ1v) is 8.53. The summed E-state index contributed by atoms with van der Waals surface area (Å²) in [6.07, 6.45) is 4.47. The number of fused-ring (bicyclic) bond motifs is 4. The molecule has 0 spiro atoms. The summed E-state index contributed by atoms with van der Waals surface area (Å²) >= 11 is 0. The largest absolute Gasteiger partial charge is 0.493 e. The van der Waals surface area contributed by atoms with Crippen molar-refractivity contribution >= 4 is 5.91 Å². The Hall–Kier alpha value is -1.55. The molecule has 1 aromatic rings. The molecule has 0 radical (unpaired) electrons. The summed E-state index contributed by atoms with van der Waals surface area (Å²) in [5.41, 5.74) is 1.94. The molecule has 1 N–H and O–H groups in total. The van der Waals surface area contributed by atoms with Crippen molar-refractivity contribution in [3.8, 4) is 5.75 Å². The van der Waals surface area contributed by atoms with E-state index in [0.29, 0.717) is 18.0 Å². The Labute approximate surface area is 131 Å². The second kappa shape index (κ2) is 5.58. The van der Waals surface area contributed by atoms with Crippen LogP contribution in [0.2, 0.25) is 0 Å². The van der Waals surface area contributed by atoms with E-state index in [4.69, 9.17) is 4.74 Å². The number of nitrogens with zero attached hydrogens (tertiary/aromatic N) is 1. The Balaban J connectivity index is 1.50. The van der Waals surface area contributed by atoms with Crippen molar-refractivity contribution in [3.63, 3.8) is 0 Å². The average Bonchev–Trinajstić information content (AvgIpc) is 2.58. The molecular weight excluding hydrogens is 276 g/mol. The maximum absolute atomic E-state index is 12.7. The van der Waals surface area contributed by atoms with Crippen LogP contribution in [0.4, 0.5) is 0 Å². The van der Waals surface area contributed by atoms with Crippen molar-refractivity contribution in [3.05, 3.63) is 29.3 Å². The van der Waals surface area contributed by atoms with Crippen molar-refractivity contribution in [2.45, 2.75) is 44.7 Å². The topological polar surface area (TPSA) is 41.6 Å². The quantitative estimate of drug-likeness (QED) is 0.910. The molecule has 4 aliphatic heterocycles. The van der Waals surface area contributed by atoms with Gasteiger partial charge in [-0.05, 0) is 75.4 Å². The Morgan fingerprint density at radius 1 is 1.32 bits per heavy atom. The molecule has 3 fully saturated rings. The van der Waals surface area contributed by atoms with Gasteiger partial charge in [-0.3, -0.25) is 9.69 Å². The summed E-state index contributed by atoms with van der Waals surface area (Å²) in [7, 11) is 0. The molecule has 0 aromatic heterocycles. The Kier molecular flexibility index (Phi) is 3.57. The lowest BCUT2D eigenvalue weighted by Gasteiger charge is -2.49. The highest BCUT2D eigenvalue weighted by Crippen LogP contribution is 2.32. The molecule has 118 valence electrons. The number of ether oxygens (including phenoxy) is 1. The summed E-state index contributed by atoms with van der Waals surface area (Å²) in [5.74, 6) is 1.66. The fraction of sp³-hybridized carbons (Fsp3) is 0.611. The zero-order valence-corrected chi connectivity index (χ0v) is 13.2. The van der Waals surface area contributed by atoms with Gasteiger partial charge in [0.25, 0.3) is 5.91 Å². The van der Waals surface area contributed by atoms with E-state index in [2.05, 4.69) is 17.1 Å². The molecule has 0 aliphatic carbocycles. The van der Waals surface area contributed by atoms with Gasteiger partial charge in [-0.15, -0.1) is 0 Å². The van der Waals surface area contributed by atoms with Gasteiger partial charge in [0.05, 0.1) is 6.61 Å². The van der Waals surface area contributed by atoms with Gasteiger partial charge in [-0.1, -0.05) is 0 Å². The normalized spacial score (nSPS) is 33.0. The maximum Gasteiger partial charge on any atom is 0.251 e. The minimum atomic E-state index is 0.0685. The van der Waals surface area contributed by atoms with E-state index >= 15 is 0 Å². The number of rotatable bonds is 2. The van der Waals surface area contributed by atoms with Crippen LogP contribution in [0.1, 0.15) is 42.1 Å². The Morgan fingerprint density at radius 2 is 2.14 bits per heavy atom. The molecule has 4 nitrogen and oxygen atoms in total. The SMILES string of the molecule is CC1C(NC(=O)c2ccc3c(c2)CCCO3)C2CCN1CC2. The molecule has 2 unspecified atom stereocenters. The highest BCUT2D eigenvalue weighted by atomic mass is 16.5. The van der Waals surface area contributed by atoms with Gasteiger partial charge in [-0.2, -0.15) is 0 Å². The van der Waals surface area contributed by atoms with Crippen LogP contribution in [0.15, 0.2) is 18.2 Å². The number of aryl methyl sites for hydroxylation is 1. The van der Waals surface area contributed by atoms with Gasteiger partial charge in [0.1, 0.15) is 5.75 Å². The summed E-state index contributed by atoms with van der Waals surface area (Å²) in [6, 6.07) is 6.60. The average molecular weight is 300 g/mol. The lowest BCUT2D eigenvalue weighted by atomic mass is 9.79. The summed E-state index contributed by atoms with van der Waals surface area (Å²) in [6.45, 7) is 5.41. The van der Waals surface area contributed by atoms with Crippen LogP contribution in [0.5, 0.6) is 5.75 Å². The first-order chi connectivity index (χ1) is 10.7. The Bertz CT molecular complexity index is 576. The molecule has 3 saturated heterocycles. The molecule has 4 aliphatic rings. The van der Waals surface area contributed by atoms with Crippen molar-refractivity contribution in [2.24, 2.45) is 5.92 Å². The summed E-state index contributed by atoms with van der Waals surface area (Å²) in [4.78, 5) is 15.2. The first-order valence-electron chi connectivity index (χ1n) is 8.53. The monoisotopic (exact) mass is 300 g/mol. The van der Waals surface area contributed by atoms with Gasteiger partial charge in [-0.25, -0.2) is 0 Å². The molecule has 2 atom stereocenters. The van der Waals surface area contributed by atoms with E-state index in [1.165, 1.54) is 31.5 Å². The molecule has 5 rings (SSSR count). The predicted molar refractivity (Wildman–Crippen MR) is 85.3 cm³/mol. The molecule has 22 heavy (non-hydrogen) atoms. The fourth-order valence-electron chi connectivity index (χ4n) is 4.28. The lowest BCUT2D eigenvalue weighted by molar-refractivity contribution is 0.0217. The van der Waals surface area contributed by atoms with Crippen LogP contribution in [-0.2, 0) is 6.42 Å². The minimum Gasteiger partial charge on any atom is -0.493 e. The second-order valence-electron chi connectivity index (χ2n) is 6.89. The van der Waals surface area contributed by atoms with Gasteiger partial charge in [0, 0.05) is 17.6 Å². The van der Waals surface area contributed by atoms with E-state index in [1.807, 2.05) is 18.2 Å². The number of carbonyl (C=O) groups excluding carboxylic acids is 1. The standard InChI is InChI=1S/C18H24N2O2/c1-12-17(13-6-8-20(12)9-7-13)19-18(21)15-4-5-16-14(11-15)3-2-10-22-16/h4-5,11-13,17H,2-3,6-10H2,1H3,(H,19,21). The molecule has 4 heterocycles. The highest BCUT2D eigenvalue weighted by molar-refractivity contribution is 5.94. The number of amides is 1. The van der Waals surface area contributed by atoms with Crippen LogP contribution in [0.3, 0.4) is 0 Å². The second-order valence-corrected chi connectivity index (χ2v) is 6.89.